The molecule has 0 radical (unpaired) electrons. The molecule has 0 saturated carbocycles. The summed E-state index contributed by atoms with van der Waals surface area (Å²) in [7, 11) is 0. The Labute approximate surface area is 261 Å². The molecule has 0 aromatic heterocycles. The normalized spacial score (nSPS) is 10.3. The first-order valence-corrected chi connectivity index (χ1v) is 10.7. The van der Waals surface area contributed by atoms with E-state index < -0.39 is 11.9 Å². The summed E-state index contributed by atoms with van der Waals surface area (Å²) in [5.41, 5.74) is 0. The Morgan fingerprint density at radius 3 is 1.61 bits per heavy atom. The van der Waals surface area contributed by atoms with Gasteiger partial charge in [0.25, 0.3) is 0 Å². The number of aliphatic carboxylic acids is 1. The third kappa shape index (κ3) is 30.1. The van der Waals surface area contributed by atoms with Gasteiger partial charge in [-0.2, -0.15) is 0 Å². The summed E-state index contributed by atoms with van der Waals surface area (Å²) in [4.78, 5) is 21.5. The standard InChI is InChI=1S/C22H40O4.2K.2H/c1-2-3-4-5-6-7-8-9-10-11-12-13-14-15-16-17-20-26-22(25)19-18-21(23)24;;;;/h17,20H,2-16,18-19H2,1H3,(H,23,24);;;;/q;2*+1;2*-1/b20-17+;;;;. The zero-order valence-electron chi connectivity index (χ0n) is 20.8. The molecule has 4 nitrogen and oxygen atoms in total. The van der Waals surface area contributed by atoms with Crippen LogP contribution in [-0.4, -0.2) is 17.0 Å². The van der Waals surface area contributed by atoms with E-state index in [1.54, 1.807) is 0 Å². The molecular weight excluding hydrogens is 406 g/mol. The van der Waals surface area contributed by atoms with E-state index in [0.717, 1.165) is 12.8 Å². The van der Waals surface area contributed by atoms with Gasteiger partial charge in [-0.25, -0.2) is 0 Å². The number of rotatable bonds is 19. The summed E-state index contributed by atoms with van der Waals surface area (Å²) < 4.78 is 4.83. The molecule has 156 valence electrons. The first kappa shape index (κ1) is 34.6. The minimum atomic E-state index is -0.978. The molecular formula is C22H42K2O4. The Morgan fingerprint density at radius 1 is 0.750 bits per heavy atom. The van der Waals surface area contributed by atoms with Gasteiger partial charge in [-0.15, -0.1) is 0 Å². The summed E-state index contributed by atoms with van der Waals surface area (Å²) in [5.74, 6) is -1.46. The van der Waals surface area contributed by atoms with E-state index in [9.17, 15) is 9.59 Å². The minimum absolute atomic E-state index is 0. The van der Waals surface area contributed by atoms with Gasteiger partial charge >= 0.3 is 115 Å². The maximum absolute atomic E-state index is 11.2. The van der Waals surface area contributed by atoms with E-state index in [0.29, 0.717) is 0 Å². The van der Waals surface area contributed by atoms with E-state index in [2.05, 4.69) is 6.92 Å². The molecule has 0 fully saturated rings. The Balaban J connectivity index is -0.000000521. The Morgan fingerprint density at radius 2 is 1.18 bits per heavy atom. The molecule has 0 aliphatic carbocycles. The van der Waals surface area contributed by atoms with Crippen LogP contribution in [0.3, 0.4) is 0 Å². The molecule has 28 heavy (non-hydrogen) atoms. The van der Waals surface area contributed by atoms with Crippen LogP contribution in [0.1, 0.15) is 119 Å². The third-order valence-corrected chi connectivity index (χ3v) is 4.56. The van der Waals surface area contributed by atoms with Crippen LogP contribution in [0.25, 0.3) is 0 Å². The molecule has 0 atom stereocenters. The smallest absolute Gasteiger partial charge is 1.00 e. The van der Waals surface area contributed by atoms with Gasteiger partial charge in [0.15, 0.2) is 0 Å². The number of unbranched alkanes of at least 4 members (excludes halogenated alkanes) is 14. The molecule has 0 unspecified atom stereocenters. The van der Waals surface area contributed by atoms with Gasteiger partial charge in [0.1, 0.15) is 0 Å². The molecule has 0 heterocycles. The Kier molecular flexibility index (Phi) is 35.7. The van der Waals surface area contributed by atoms with Crippen LogP contribution in [0.4, 0.5) is 0 Å². The maximum Gasteiger partial charge on any atom is 1.00 e. The van der Waals surface area contributed by atoms with Gasteiger partial charge in [0, 0.05) is 0 Å². The van der Waals surface area contributed by atoms with E-state index in [1.165, 1.54) is 89.7 Å². The molecule has 0 rings (SSSR count). The summed E-state index contributed by atoms with van der Waals surface area (Å²) in [6, 6.07) is 0. The number of hydrogen-bond donors (Lipinski definition) is 1. The van der Waals surface area contributed by atoms with Crippen LogP contribution >= 0.6 is 0 Å². The van der Waals surface area contributed by atoms with Crippen molar-refractivity contribution in [1.82, 2.24) is 0 Å². The van der Waals surface area contributed by atoms with Gasteiger partial charge in [0.05, 0.1) is 19.1 Å². The maximum atomic E-state index is 11.2. The molecule has 0 amide bonds. The van der Waals surface area contributed by atoms with Crippen molar-refractivity contribution in [1.29, 1.82) is 0 Å². The van der Waals surface area contributed by atoms with Crippen molar-refractivity contribution >= 4 is 11.9 Å². The zero-order valence-corrected chi connectivity index (χ0v) is 25.1. The largest absolute Gasteiger partial charge is 1.00 e. The van der Waals surface area contributed by atoms with E-state index in [-0.39, 0.29) is 118 Å². The number of ether oxygens (including phenoxy) is 1. The number of carboxylic acid groups (broad SMARTS) is 1. The molecule has 1 N–H and O–H groups in total. The molecule has 6 heteroatoms. The van der Waals surface area contributed by atoms with Crippen molar-refractivity contribution in [2.45, 2.75) is 116 Å². The van der Waals surface area contributed by atoms with Crippen molar-refractivity contribution in [2.75, 3.05) is 0 Å². The van der Waals surface area contributed by atoms with Gasteiger partial charge in [-0.1, -0.05) is 90.4 Å². The second-order valence-electron chi connectivity index (χ2n) is 7.14. The van der Waals surface area contributed by atoms with Crippen molar-refractivity contribution in [3.05, 3.63) is 12.3 Å². The molecule has 0 aliphatic rings. The summed E-state index contributed by atoms with van der Waals surface area (Å²) in [6.07, 6.45) is 22.8. The van der Waals surface area contributed by atoms with E-state index in [1.807, 2.05) is 6.08 Å². The van der Waals surface area contributed by atoms with Crippen LogP contribution in [0.15, 0.2) is 12.3 Å². The van der Waals surface area contributed by atoms with E-state index >= 15 is 0 Å². The number of carbonyl (C=O) groups is 2. The van der Waals surface area contributed by atoms with Crippen LogP contribution in [0, 0.1) is 0 Å². The van der Waals surface area contributed by atoms with Crippen molar-refractivity contribution in [2.24, 2.45) is 0 Å². The second-order valence-corrected chi connectivity index (χ2v) is 7.14. The van der Waals surface area contributed by atoms with Gasteiger partial charge in [-0.3, -0.25) is 9.59 Å². The topological polar surface area (TPSA) is 63.6 Å². The monoisotopic (exact) mass is 448 g/mol. The Hall–Kier alpha value is 1.95. The average molecular weight is 449 g/mol. The third-order valence-electron chi connectivity index (χ3n) is 4.56. The number of hydrogen-bond acceptors (Lipinski definition) is 3. The van der Waals surface area contributed by atoms with Crippen molar-refractivity contribution in [3.63, 3.8) is 0 Å². The minimum Gasteiger partial charge on any atom is -1.00 e. The summed E-state index contributed by atoms with van der Waals surface area (Å²) in [6.45, 7) is 2.26. The quantitative estimate of drug-likeness (QED) is 0.139. The first-order valence-electron chi connectivity index (χ1n) is 10.7. The number of esters is 1. The number of carboxylic acids is 1. The molecule has 0 aromatic carbocycles. The number of allylic oxidation sites excluding steroid dienone is 1. The fourth-order valence-corrected chi connectivity index (χ4v) is 2.92. The van der Waals surface area contributed by atoms with Crippen molar-refractivity contribution in [3.8, 4) is 0 Å². The van der Waals surface area contributed by atoms with Crippen LogP contribution in [0.5, 0.6) is 0 Å². The zero-order chi connectivity index (χ0) is 19.3. The molecule has 0 saturated heterocycles. The van der Waals surface area contributed by atoms with Gasteiger partial charge in [0.2, 0.25) is 0 Å². The van der Waals surface area contributed by atoms with Gasteiger partial charge < -0.3 is 12.7 Å². The molecule has 0 bridgehead atoms. The van der Waals surface area contributed by atoms with Crippen LogP contribution < -0.4 is 103 Å². The SMILES string of the molecule is CCCCCCCCCCCCCCCC/C=C/OC(=O)CCC(=O)O.[H-].[H-].[K+].[K+]. The average Bonchev–Trinajstić information content (AvgIpc) is 2.62. The predicted molar refractivity (Wildman–Crippen MR) is 109 cm³/mol. The molecule has 0 spiro atoms. The molecule has 0 aromatic rings. The fraction of sp³-hybridized carbons (Fsp3) is 0.818. The molecule has 0 aliphatic heterocycles. The predicted octanol–water partition coefficient (Wildman–Crippen LogP) is 1.01. The van der Waals surface area contributed by atoms with Crippen LogP contribution in [0.2, 0.25) is 0 Å². The second kappa shape index (κ2) is 29.0. The number of carbonyl (C=O) groups excluding carboxylic acids is 1. The Bertz CT molecular complexity index is 384. The first-order chi connectivity index (χ1) is 12.7. The van der Waals surface area contributed by atoms with E-state index in [4.69, 9.17) is 9.84 Å². The van der Waals surface area contributed by atoms with Crippen molar-refractivity contribution < 1.29 is 125 Å². The van der Waals surface area contributed by atoms with Crippen LogP contribution in [-0.2, 0) is 14.3 Å². The fourth-order valence-electron chi connectivity index (χ4n) is 2.92. The summed E-state index contributed by atoms with van der Waals surface area (Å²) in [5, 5.41) is 8.46. The summed E-state index contributed by atoms with van der Waals surface area (Å²) >= 11 is 0. The van der Waals surface area contributed by atoms with Gasteiger partial charge in [-0.05, 0) is 18.9 Å².